The molecule has 1 aliphatic carbocycles. The van der Waals surface area contributed by atoms with E-state index in [1.54, 1.807) is 24.3 Å². The number of hydrogen-bond acceptors (Lipinski definition) is 4. The van der Waals surface area contributed by atoms with Crippen LogP contribution >= 0.6 is 0 Å². The van der Waals surface area contributed by atoms with Crippen molar-refractivity contribution in [3.05, 3.63) is 24.3 Å². The summed E-state index contributed by atoms with van der Waals surface area (Å²) in [5.74, 6) is 1.91. The van der Waals surface area contributed by atoms with E-state index in [-0.39, 0.29) is 0 Å². The highest BCUT2D eigenvalue weighted by atomic mass is 16.6. The van der Waals surface area contributed by atoms with Gasteiger partial charge in [0.2, 0.25) is 0 Å². The lowest BCUT2D eigenvalue weighted by Crippen LogP contribution is -2.20. The van der Waals surface area contributed by atoms with Crippen molar-refractivity contribution in [2.24, 2.45) is 5.92 Å². The Hall–Kier alpha value is -1.20. The molecule has 0 bridgehead atoms. The highest BCUT2D eigenvalue weighted by Gasteiger charge is 2.21. The lowest BCUT2D eigenvalue weighted by molar-refractivity contribution is 0.286. The second-order valence-electron chi connectivity index (χ2n) is 3.67. The average Bonchev–Trinajstić information content (AvgIpc) is 2.99. The zero-order valence-corrected chi connectivity index (χ0v) is 8.30. The SMILES string of the molecule is OB(O)Oc1ccc(OCC2CC2)cc1. The maximum Gasteiger partial charge on any atom is 0.707 e. The van der Waals surface area contributed by atoms with Gasteiger partial charge in [-0.3, -0.25) is 0 Å². The van der Waals surface area contributed by atoms with Gasteiger partial charge in [-0.2, -0.15) is 0 Å². The third-order valence-corrected chi connectivity index (χ3v) is 2.25. The molecule has 0 radical (unpaired) electrons. The zero-order chi connectivity index (χ0) is 10.7. The largest absolute Gasteiger partial charge is 0.707 e. The van der Waals surface area contributed by atoms with Crippen molar-refractivity contribution in [2.45, 2.75) is 12.8 Å². The third-order valence-electron chi connectivity index (χ3n) is 2.25. The molecule has 15 heavy (non-hydrogen) atoms. The number of benzene rings is 1. The topological polar surface area (TPSA) is 58.9 Å². The van der Waals surface area contributed by atoms with Gasteiger partial charge in [0, 0.05) is 0 Å². The van der Waals surface area contributed by atoms with E-state index in [4.69, 9.17) is 14.8 Å². The van der Waals surface area contributed by atoms with Crippen LogP contribution in [0.1, 0.15) is 12.8 Å². The predicted molar refractivity (Wildman–Crippen MR) is 55.5 cm³/mol. The van der Waals surface area contributed by atoms with E-state index >= 15 is 0 Å². The lowest BCUT2D eigenvalue weighted by atomic mass is 10.2. The van der Waals surface area contributed by atoms with E-state index in [1.165, 1.54) is 12.8 Å². The summed E-state index contributed by atoms with van der Waals surface area (Å²) in [4.78, 5) is 0. The lowest BCUT2D eigenvalue weighted by Gasteiger charge is -2.07. The van der Waals surface area contributed by atoms with Gasteiger partial charge in [-0.25, -0.2) is 0 Å². The fourth-order valence-electron chi connectivity index (χ4n) is 1.23. The van der Waals surface area contributed by atoms with Crippen LogP contribution in [0.4, 0.5) is 0 Å². The van der Waals surface area contributed by atoms with Crippen LogP contribution in [-0.2, 0) is 0 Å². The van der Waals surface area contributed by atoms with Gasteiger partial charge >= 0.3 is 7.32 Å². The molecule has 0 saturated heterocycles. The first-order chi connectivity index (χ1) is 7.24. The molecule has 0 aliphatic heterocycles. The van der Waals surface area contributed by atoms with Gasteiger partial charge in [0.25, 0.3) is 0 Å². The summed E-state index contributed by atoms with van der Waals surface area (Å²) in [5.41, 5.74) is 0. The number of ether oxygens (including phenoxy) is 1. The number of hydrogen-bond donors (Lipinski definition) is 2. The summed E-state index contributed by atoms with van der Waals surface area (Å²) in [6, 6.07) is 6.78. The Balaban J connectivity index is 1.85. The molecule has 5 heteroatoms. The minimum atomic E-state index is -1.77. The van der Waals surface area contributed by atoms with Crippen molar-refractivity contribution < 1.29 is 19.4 Å². The Morgan fingerprint density at radius 1 is 1.13 bits per heavy atom. The molecule has 1 aromatic carbocycles. The fraction of sp³-hybridized carbons (Fsp3) is 0.400. The fourth-order valence-corrected chi connectivity index (χ4v) is 1.23. The van der Waals surface area contributed by atoms with Gasteiger partial charge in [0.15, 0.2) is 0 Å². The Kier molecular flexibility index (Phi) is 3.13. The summed E-state index contributed by atoms with van der Waals surface area (Å²) in [6.45, 7) is 0.767. The zero-order valence-electron chi connectivity index (χ0n) is 8.30. The molecule has 2 rings (SSSR count). The van der Waals surface area contributed by atoms with Crippen LogP contribution in [0, 0.1) is 5.92 Å². The summed E-state index contributed by atoms with van der Waals surface area (Å²) in [6.07, 6.45) is 2.52. The second-order valence-corrected chi connectivity index (χ2v) is 3.67. The monoisotopic (exact) mass is 208 g/mol. The Labute approximate surface area is 88.6 Å². The molecule has 0 amide bonds. The summed E-state index contributed by atoms with van der Waals surface area (Å²) >= 11 is 0. The van der Waals surface area contributed by atoms with Crippen LogP contribution in [-0.4, -0.2) is 24.0 Å². The number of rotatable bonds is 5. The van der Waals surface area contributed by atoms with Crippen molar-refractivity contribution in [1.29, 1.82) is 0 Å². The standard InChI is InChI=1S/C10H13BO4/c12-11(13)15-10-5-3-9(4-6-10)14-7-8-1-2-8/h3-6,8,12-13H,1-2,7H2. The van der Waals surface area contributed by atoms with Crippen LogP contribution < -0.4 is 9.39 Å². The molecule has 1 saturated carbocycles. The maximum atomic E-state index is 8.56. The van der Waals surface area contributed by atoms with Crippen LogP contribution in [0.15, 0.2) is 24.3 Å². The Morgan fingerprint density at radius 3 is 2.27 bits per heavy atom. The minimum Gasteiger partial charge on any atom is -0.512 e. The molecule has 1 aromatic rings. The van der Waals surface area contributed by atoms with Crippen molar-refractivity contribution in [3.63, 3.8) is 0 Å². The molecule has 1 fully saturated rings. The molecule has 0 atom stereocenters. The predicted octanol–water partition coefficient (Wildman–Crippen LogP) is 0.824. The molecule has 0 heterocycles. The normalized spacial score (nSPS) is 14.8. The molecule has 0 unspecified atom stereocenters. The third kappa shape index (κ3) is 3.45. The molecule has 4 nitrogen and oxygen atoms in total. The van der Waals surface area contributed by atoms with E-state index in [0.717, 1.165) is 18.3 Å². The van der Waals surface area contributed by atoms with Gasteiger partial charge in [-0.1, -0.05) is 0 Å². The highest BCUT2D eigenvalue weighted by Crippen LogP contribution is 2.29. The van der Waals surface area contributed by atoms with Gasteiger partial charge in [-0.15, -0.1) is 0 Å². The minimum absolute atomic E-state index is 0.406. The van der Waals surface area contributed by atoms with Crippen LogP contribution in [0.25, 0.3) is 0 Å². The van der Waals surface area contributed by atoms with Crippen molar-refractivity contribution >= 4 is 7.32 Å². The van der Waals surface area contributed by atoms with Gasteiger partial charge in [-0.05, 0) is 43.0 Å². The van der Waals surface area contributed by atoms with Crippen LogP contribution in [0.2, 0.25) is 0 Å². The summed E-state index contributed by atoms with van der Waals surface area (Å²) in [7, 11) is -1.77. The molecule has 2 N–H and O–H groups in total. The Morgan fingerprint density at radius 2 is 1.73 bits per heavy atom. The van der Waals surface area contributed by atoms with E-state index in [2.05, 4.69) is 4.65 Å². The first kappa shape index (κ1) is 10.3. The van der Waals surface area contributed by atoms with Crippen molar-refractivity contribution in [3.8, 4) is 11.5 Å². The van der Waals surface area contributed by atoms with E-state index in [1.807, 2.05) is 0 Å². The quantitative estimate of drug-likeness (QED) is 0.703. The van der Waals surface area contributed by atoms with E-state index in [9.17, 15) is 0 Å². The van der Waals surface area contributed by atoms with Gasteiger partial charge in [0.05, 0.1) is 6.61 Å². The van der Waals surface area contributed by atoms with Crippen LogP contribution in [0.5, 0.6) is 11.5 Å². The van der Waals surface area contributed by atoms with Crippen LogP contribution in [0.3, 0.4) is 0 Å². The molecule has 80 valence electrons. The van der Waals surface area contributed by atoms with E-state index < -0.39 is 7.32 Å². The summed E-state index contributed by atoms with van der Waals surface area (Å²) in [5, 5.41) is 17.1. The first-order valence-electron chi connectivity index (χ1n) is 5.00. The first-order valence-corrected chi connectivity index (χ1v) is 5.00. The molecule has 1 aliphatic rings. The Bertz CT molecular complexity index is 308. The smallest absolute Gasteiger partial charge is 0.512 e. The molecule has 0 aromatic heterocycles. The molecule has 0 spiro atoms. The van der Waals surface area contributed by atoms with Gasteiger partial charge in [0.1, 0.15) is 11.5 Å². The van der Waals surface area contributed by atoms with E-state index in [0.29, 0.717) is 5.75 Å². The summed E-state index contributed by atoms with van der Waals surface area (Å²) < 4.78 is 10.2. The van der Waals surface area contributed by atoms with Crippen molar-refractivity contribution in [1.82, 2.24) is 0 Å². The van der Waals surface area contributed by atoms with Crippen molar-refractivity contribution in [2.75, 3.05) is 6.61 Å². The maximum absolute atomic E-state index is 8.56. The average molecular weight is 208 g/mol. The highest BCUT2D eigenvalue weighted by molar-refractivity contribution is 6.33. The van der Waals surface area contributed by atoms with Gasteiger partial charge < -0.3 is 19.4 Å². The second kappa shape index (κ2) is 4.55. The molecular formula is C10H13BO4. The molecular weight excluding hydrogens is 195 g/mol.